The minimum absolute atomic E-state index is 0.400. The van der Waals surface area contributed by atoms with Crippen molar-refractivity contribution in [3.63, 3.8) is 0 Å². The summed E-state index contributed by atoms with van der Waals surface area (Å²) in [4.78, 5) is 37.3. The number of para-hydroxylation sites is 1. The van der Waals surface area contributed by atoms with Gasteiger partial charge >= 0.3 is 5.97 Å². The molecule has 2 aromatic carbocycles. The molecule has 35 heavy (non-hydrogen) atoms. The molecule has 1 unspecified atom stereocenters. The largest absolute Gasteiger partial charge is 0.449 e. The number of esters is 1. The molecule has 7 heteroatoms. The van der Waals surface area contributed by atoms with Crippen molar-refractivity contribution in [2.45, 2.75) is 32.5 Å². The van der Waals surface area contributed by atoms with Crippen LogP contribution < -0.4 is 5.32 Å². The van der Waals surface area contributed by atoms with E-state index >= 15 is 0 Å². The summed E-state index contributed by atoms with van der Waals surface area (Å²) in [5.74, 6) is -0.915. The minimum Gasteiger partial charge on any atom is -0.449 e. The normalized spacial score (nSPS) is 14.2. The molecular weight excluding hydrogens is 440 g/mol. The number of rotatable bonds is 6. The molecule has 1 N–H and O–H groups in total. The monoisotopic (exact) mass is 466 g/mol. The molecule has 1 aliphatic heterocycles. The average Bonchev–Trinajstić information content (AvgIpc) is 2.88. The molecule has 0 saturated carbocycles. The zero-order chi connectivity index (χ0) is 24.2. The van der Waals surface area contributed by atoms with Gasteiger partial charge in [0.25, 0.3) is 5.91 Å². The highest BCUT2D eigenvalue weighted by molar-refractivity contribution is 6.06. The first-order valence-corrected chi connectivity index (χ1v) is 11.7. The van der Waals surface area contributed by atoms with Crippen LogP contribution in [0.5, 0.6) is 0 Å². The van der Waals surface area contributed by atoms with E-state index in [-0.39, 0.29) is 0 Å². The Morgan fingerprint density at radius 3 is 2.57 bits per heavy atom. The quantitative estimate of drug-likeness (QED) is 0.425. The van der Waals surface area contributed by atoms with E-state index in [1.54, 1.807) is 31.5 Å². The first-order chi connectivity index (χ1) is 17.1. The molecule has 4 aromatic rings. The van der Waals surface area contributed by atoms with Crippen molar-refractivity contribution >= 4 is 28.5 Å². The molecule has 1 atom stereocenters. The number of hydrogen-bond donors (Lipinski definition) is 1. The van der Waals surface area contributed by atoms with Crippen LogP contribution in [0.3, 0.4) is 0 Å². The number of carbonyl (C=O) groups excluding carboxylic acids is 2. The predicted molar refractivity (Wildman–Crippen MR) is 134 cm³/mol. The number of nitrogens with zero attached hydrogens (tertiary/aromatic N) is 3. The lowest BCUT2D eigenvalue weighted by Crippen LogP contribution is -2.34. The Morgan fingerprint density at radius 1 is 1.03 bits per heavy atom. The molecule has 0 aliphatic carbocycles. The van der Waals surface area contributed by atoms with Gasteiger partial charge in [-0.15, -0.1) is 0 Å². The Kier molecular flexibility index (Phi) is 6.50. The van der Waals surface area contributed by atoms with Gasteiger partial charge in [0.2, 0.25) is 0 Å². The first kappa shape index (κ1) is 22.7. The van der Waals surface area contributed by atoms with Crippen LogP contribution >= 0.6 is 0 Å². The van der Waals surface area contributed by atoms with E-state index in [0.29, 0.717) is 17.8 Å². The van der Waals surface area contributed by atoms with E-state index in [9.17, 15) is 9.59 Å². The van der Waals surface area contributed by atoms with Gasteiger partial charge in [-0.1, -0.05) is 48.5 Å². The molecular formula is C28H26N4O3. The number of pyridine rings is 2. The van der Waals surface area contributed by atoms with Crippen molar-refractivity contribution in [1.29, 1.82) is 0 Å². The summed E-state index contributed by atoms with van der Waals surface area (Å²) in [6.45, 7) is 3.80. The number of aromatic nitrogens is 2. The second-order valence-electron chi connectivity index (χ2n) is 8.65. The van der Waals surface area contributed by atoms with Crippen LogP contribution in [0.2, 0.25) is 0 Å². The SMILES string of the molecule is CC(OC(=O)c1c2c(nc3ccccc13)CCN(Cc1ccccc1)C2)C(=O)Nc1ccncc1. The van der Waals surface area contributed by atoms with Crippen LogP contribution in [0.25, 0.3) is 10.9 Å². The number of anilines is 1. The molecule has 0 fully saturated rings. The van der Waals surface area contributed by atoms with Gasteiger partial charge in [-0.3, -0.25) is 19.7 Å². The van der Waals surface area contributed by atoms with E-state index in [1.807, 2.05) is 42.5 Å². The summed E-state index contributed by atoms with van der Waals surface area (Å²) in [5, 5.41) is 3.49. The van der Waals surface area contributed by atoms with Crippen molar-refractivity contribution in [2.24, 2.45) is 0 Å². The Hall–Kier alpha value is -4.10. The summed E-state index contributed by atoms with van der Waals surface area (Å²) >= 11 is 0. The molecule has 0 saturated heterocycles. The fourth-order valence-corrected chi connectivity index (χ4v) is 4.41. The van der Waals surface area contributed by atoms with Crippen LogP contribution in [0.15, 0.2) is 79.1 Å². The maximum atomic E-state index is 13.5. The Labute approximate surface area is 203 Å². The van der Waals surface area contributed by atoms with Crippen LogP contribution in [-0.4, -0.2) is 39.4 Å². The average molecular weight is 467 g/mol. The Balaban J connectivity index is 1.42. The highest BCUT2D eigenvalue weighted by Crippen LogP contribution is 2.29. The molecule has 2 aromatic heterocycles. The van der Waals surface area contributed by atoms with E-state index < -0.39 is 18.0 Å². The third-order valence-electron chi connectivity index (χ3n) is 6.18. The molecule has 5 rings (SSSR count). The molecule has 1 amide bonds. The summed E-state index contributed by atoms with van der Waals surface area (Å²) in [7, 11) is 0. The zero-order valence-electron chi connectivity index (χ0n) is 19.5. The molecule has 0 spiro atoms. The van der Waals surface area contributed by atoms with Gasteiger partial charge in [0.15, 0.2) is 6.10 Å². The van der Waals surface area contributed by atoms with Gasteiger partial charge in [-0.05, 0) is 30.7 Å². The van der Waals surface area contributed by atoms with Crippen LogP contribution in [-0.2, 0) is 29.0 Å². The predicted octanol–water partition coefficient (Wildman–Crippen LogP) is 4.37. The van der Waals surface area contributed by atoms with Crippen molar-refractivity contribution in [3.8, 4) is 0 Å². The van der Waals surface area contributed by atoms with Gasteiger partial charge < -0.3 is 10.1 Å². The highest BCUT2D eigenvalue weighted by Gasteiger charge is 2.28. The highest BCUT2D eigenvalue weighted by atomic mass is 16.5. The van der Waals surface area contributed by atoms with Crippen molar-refractivity contribution in [2.75, 3.05) is 11.9 Å². The number of amides is 1. The number of fused-ring (bicyclic) bond motifs is 2. The maximum absolute atomic E-state index is 13.5. The lowest BCUT2D eigenvalue weighted by Gasteiger charge is -2.30. The molecule has 0 bridgehead atoms. The smallest absolute Gasteiger partial charge is 0.339 e. The van der Waals surface area contributed by atoms with Gasteiger partial charge in [-0.25, -0.2) is 4.79 Å². The molecule has 0 radical (unpaired) electrons. The first-order valence-electron chi connectivity index (χ1n) is 11.7. The summed E-state index contributed by atoms with van der Waals surface area (Å²) in [6, 6.07) is 21.2. The third kappa shape index (κ3) is 5.05. The van der Waals surface area contributed by atoms with Crippen molar-refractivity contribution in [1.82, 2.24) is 14.9 Å². The summed E-state index contributed by atoms with van der Waals surface area (Å²) < 4.78 is 5.69. The van der Waals surface area contributed by atoms with Crippen LogP contribution in [0.4, 0.5) is 5.69 Å². The molecule has 7 nitrogen and oxygen atoms in total. The molecule has 176 valence electrons. The number of hydrogen-bond acceptors (Lipinski definition) is 6. The Morgan fingerprint density at radius 2 is 1.77 bits per heavy atom. The Bertz CT molecular complexity index is 1360. The second-order valence-corrected chi connectivity index (χ2v) is 8.65. The standard InChI is InChI=1S/C28H26N4O3/c1-19(27(33)30-21-11-14-29-15-12-21)35-28(34)26-22-9-5-6-10-24(22)31-25-13-16-32(18-23(25)26)17-20-7-3-2-4-8-20/h2-12,14-15,19H,13,16-18H2,1H3,(H,29,30,33). The fourth-order valence-electron chi connectivity index (χ4n) is 4.41. The van der Waals surface area contributed by atoms with Crippen molar-refractivity contribution < 1.29 is 14.3 Å². The second kappa shape index (κ2) is 10.0. The topological polar surface area (TPSA) is 84.4 Å². The van der Waals surface area contributed by atoms with E-state index in [4.69, 9.17) is 9.72 Å². The van der Waals surface area contributed by atoms with Gasteiger partial charge in [0.05, 0.1) is 11.1 Å². The molecule has 1 aliphatic rings. The number of ether oxygens (including phenoxy) is 1. The lowest BCUT2D eigenvalue weighted by molar-refractivity contribution is -0.123. The summed E-state index contributed by atoms with van der Waals surface area (Å²) in [6.07, 6.45) is 2.94. The minimum atomic E-state index is -0.970. The van der Waals surface area contributed by atoms with Crippen LogP contribution in [0.1, 0.15) is 34.1 Å². The van der Waals surface area contributed by atoms with Gasteiger partial charge in [-0.2, -0.15) is 0 Å². The summed E-state index contributed by atoms with van der Waals surface area (Å²) in [5.41, 5.74) is 4.84. The number of nitrogens with one attached hydrogen (secondary N) is 1. The number of benzene rings is 2. The van der Waals surface area contributed by atoms with E-state index in [1.165, 1.54) is 5.56 Å². The third-order valence-corrected chi connectivity index (χ3v) is 6.18. The van der Waals surface area contributed by atoms with Gasteiger partial charge in [0.1, 0.15) is 0 Å². The van der Waals surface area contributed by atoms with E-state index in [2.05, 4.69) is 27.3 Å². The number of carbonyl (C=O) groups is 2. The molecule has 3 heterocycles. The van der Waals surface area contributed by atoms with E-state index in [0.717, 1.165) is 41.7 Å². The zero-order valence-corrected chi connectivity index (χ0v) is 19.5. The fraction of sp³-hybridized carbons (Fsp3) is 0.214. The lowest BCUT2D eigenvalue weighted by atomic mass is 9.95. The van der Waals surface area contributed by atoms with Crippen LogP contribution in [0, 0.1) is 0 Å². The van der Waals surface area contributed by atoms with Gasteiger partial charge in [0, 0.05) is 60.8 Å². The van der Waals surface area contributed by atoms with Crippen molar-refractivity contribution in [3.05, 3.63) is 102 Å². The maximum Gasteiger partial charge on any atom is 0.339 e.